The van der Waals surface area contributed by atoms with E-state index in [1.54, 1.807) is 12.1 Å². The van der Waals surface area contributed by atoms with Crippen molar-refractivity contribution in [1.29, 1.82) is 0 Å². The first-order valence-electron chi connectivity index (χ1n) is 11.9. The summed E-state index contributed by atoms with van der Waals surface area (Å²) < 4.78 is 33.9. The molecule has 0 aromatic heterocycles. The second kappa shape index (κ2) is 12.3. The summed E-state index contributed by atoms with van der Waals surface area (Å²) in [5.41, 5.74) is 3.53. The summed E-state index contributed by atoms with van der Waals surface area (Å²) >= 11 is 5.95. The van der Waals surface area contributed by atoms with Crippen LogP contribution in [-0.2, 0) is 21.2 Å². The van der Waals surface area contributed by atoms with E-state index in [4.69, 9.17) is 16.3 Å². The fourth-order valence-electron chi connectivity index (χ4n) is 3.68. The SMILES string of the molecule is Cc1ccc(N(CC(=O)NCCCc2cccc(OC(C)C)c2)S(=O)(=O)c2ccc(Cl)cc2)cc1C. The van der Waals surface area contributed by atoms with Gasteiger partial charge in [-0.05, 0) is 106 Å². The van der Waals surface area contributed by atoms with Crippen LogP contribution in [-0.4, -0.2) is 33.5 Å². The second-order valence-electron chi connectivity index (χ2n) is 9.00. The van der Waals surface area contributed by atoms with Gasteiger partial charge in [-0.3, -0.25) is 9.10 Å². The third-order valence-corrected chi connectivity index (χ3v) is 7.74. The van der Waals surface area contributed by atoms with Crippen LogP contribution < -0.4 is 14.4 Å². The summed E-state index contributed by atoms with van der Waals surface area (Å²) in [6.07, 6.45) is 1.58. The number of benzene rings is 3. The van der Waals surface area contributed by atoms with Gasteiger partial charge in [0, 0.05) is 11.6 Å². The maximum absolute atomic E-state index is 13.5. The summed E-state index contributed by atoms with van der Waals surface area (Å²) in [5, 5.41) is 3.30. The van der Waals surface area contributed by atoms with Crippen molar-refractivity contribution in [2.24, 2.45) is 0 Å². The number of nitrogens with zero attached hydrogens (tertiary/aromatic N) is 1. The molecule has 0 atom stereocenters. The van der Waals surface area contributed by atoms with Crippen LogP contribution in [0.25, 0.3) is 0 Å². The number of rotatable bonds is 11. The van der Waals surface area contributed by atoms with Gasteiger partial charge in [0.05, 0.1) is 16.7 Å². The van der Waals surface area contributed by atoms with Crippen molar-refractivity contribution in [3.05, 3.63) is 88.4 Å². The molecular weight excluding hydrogens is 496 g/mol. The first-order chi connectivity index (χ1) is 17.1. The number of hydrogen-bond donors (Lipinski definition) is 1. The molecule has 0 aliphatic carbocycles. The molecule has 3 aromatic rings. The Morgan fingerprint density at radius 3 is 2.39 bits per heavy atom. The van der Waals surface area contributed by atoms with Gasteiger partial charge in [-0.1, -0.05) is 29.8 Å². The van der Waals surface area contributed by atoms with Crippen molar-refractivity contribution < 1.29 is 17.9 Å². The molecule has 0 saturated carbocycles. The van der Waals surface area contributed by atoms with Gasteiger partial charge in [0.25, 0.3) is 10.0 Å². The Balaban J connectivity index is 1.68. The maximum atomic E-state index is 13.5. The highest BCUT2D eigenvalue weighted by atomic mass is 35.5. The first kappa shape index (κ1) is 27.6. The van der Waals surface area contributed by atoms with Crippen molar-refractivity contribution in [2.45, 2.75) is 51.5 Å². The van der Waals surface area contributed by atoms with Crippen molar-refractivity contribution in [2.75, 3.05) is 17.4 Å². The van der Waals surface area contributed by atoms with E-state index < -0.39 is 10.0 Å². The highest BCUT2D eigenvalue weighted by Crippen LogP contribution is 2.26. The van der Waals surface area contributed by atoms with Gasteiger partial charge in [-0.2, -0.15) is 0 Å². The second-order valence-corrected chi connectivity index (χ2v) is 11.3. The van der Waals surface area contributed by atoms with Crippen LogP contribution in [0.2, 0.25) is 5.02 Å². The smallest absolute Gasteiger partial charge is 0.264 e. The van der Waals surface area contributed by atoms with Crippen molar-refractivity contribution in [1.82, 2.24) is 5.32 Å². The number of carbonyl (C=O) groups is 1. The minimum Gasteiger partial charge on any atom is -0.491 e. The standard InChI is InChI=1S/C28H33ClN2O4S/c1-20(2)35-26-9-5-7-23(18-26)8-6-16-30-28(32)19-31(25-13-10-21(3)22(4)17-25)36(33,34)27-14-11-24(29)12-15-27/h5,7,9-15,17-18,20H,6,8,16,19H2,1-4H3,(H,30,32). The topological polar surface area (TPSA) is 75.7 Å². The predicted octanol–water partition coefficient (Wildman–Crippen LogP) is 5.69. The lowest BCUT2D eigenvalue weighted by Gasteiger charge is -2.25. The van der Waals surface area contributed by atoms with E-state index >= 15 is 0 Å². The number of aryl methyl sites for hydroxylation is 3. The summed E-state index contributed by atoms with van der Waals surface area (Å²) in [5.74, 6) is 0.450. The number of sulfonamides is 1. The first-order valence-corrected chi connectivity index (χ1v) is 13.8. The number of anilines is 1. The van der Waals surface area contributed by atoms with E-state index in [0.29, 0.717) is 23.7 Å². The van der Waals surface area contributed by atoms with Crippen molar-refractivity contribution >= 4 is 33.2 Å². The van der Waals surface area contributed by atoms with Crippen LogP contribution in [0.15, 0.2) is 71.6 Å². The third-order valence-electron chi connectivity index (χ3n) is 5.70. The van der Waals surface area contributed by atoms with Gasteiger partial charge in [-0.15, -0.1) is 0 Å². The summed E-state index contributed by atoms with van der Waals surface area (Å²) in [6.45, 7) is 7.93. The molecule has 0 aliphatic heterocycles. The molecule has 36 heavy (non-hydrogen) atoms. The van der Waals surface area contributed by atoms with Gasteiger partial charge in [0.15, 0.2) is 0 Å². The van der Waals surface area contributed by atoms with E-state index in [0.717, 1.165) is 33.2 Å². The van der Waals surface area contributed by atoms with Crippen molar-refractivity contribution in [3.8, 4) is 5.75 Å². The highest BCUT2D eigenvalue weighted by Gasteiger charge is 2.27. The molecule has 3 rings (SSSR count). The Morgan fingerprint density at radius 2 is 1.72 bits per heavy atom. The molecule has 0 unspecified atom stereocenters. The Hall–Kier alpha value is -3.03. The van der Waals surface area contributed by atoms with Crippen LogP contribution in [0.1, 0.15) is 37.0 Å². The van der Waals surface area contributed by atoms with Crippen LogP contribution in [0.4, 0.5) is 5.69 Å². The molecule has 0 aliphatic rings. The van der Waals surface area contributed by atoms with E-state index in [1.165, 1.54) is 24.3 Å². The zero-order valence-electron chi connectivity index (χ0n) is 21.1. The minimum absolute atomic E-state index is 0.0708. The average Bonchev–Trinajstić information content (AvgIpc) is 2.82. The highest BCUT2D eigenvalue weighted by molar-refractivity contribution is 7.92. The monoisotopic (exact) mass is 528 g/mol. The summed E-state index contributed by atoms with van der Waals surface area (Å²) in [7, 11) is -3.98. The molecular formula is C28H33ClN2O4S. The van der Waals surface area contributed by atoms with Crippen LogP contribution in [0.5, 0.6) is 5.75 Å². The number of ether oxygens (including phenoxy) is 1. The lowest BCUT2D eigenvalue weighted by atomic mass is 10.1. The molecule has 3 aromatic carbocycles. The van der Waals surface area contributed by atoms with Crippen molar-refractivity contribution in [3.63, 3.8) is 0 Å². The van der Waals surface area contributed by atoms with Gasteiger partial charge in [0.1, 0.15) is 12.3 Å². The maximum Gasteiger partial charge on any atom is 0.264 e. The van der Waals surface area contributed by atoms with Crippen LogP contribution >= 0.6 is 11.6 Å². The minimum atomic E-state index is -3.98. The lowest BCUT2D eigenvalue weighted by molar-refractivity contribution is -0.119. The number of hydrogen-bond acceptors (Lipinski definition) is 4. The summed E-state index contributed by atoms with van der Waals surface area (Å²) in [4.78, 5) is 12.9. The molecule has 192 valence electrons. The third kappa shape index (κ3) is 7.48. The van der Waals surface area contributed by atoms with Gasteiger partial charge in [-0.25, -0.2) is 8.42 Å². The Kier molecular flexibility index (Phi) is 9.40. The number of halogens is 1. The van der Waals surface area contributed by atoms with Gasteiger partial charge >= 0.3 is 0 Å². The van der Waals surface area contributed by atoms with E-state index in [2.05, 4.69) is 5.32 Å². The zero-order valence-corrected chi connectivity index (χ0v) is 22.7. The molecule has 0 heterocycles. The van der Waals surface area contributed by atoms with E-state index in [9.17, 15) is 13.2 Å². The predicted molar refractivity (Wildman–Crippen MR) is 145 cm³/mol. The van der Waals surface area contributed by atoms with Crippen LogP contribution in [0.3, 0.4) is 0 Å². The normalized spacial score (nSPS) is 11.4. The Labute approximate surface area is 219 Å². The Bertz CT molecular complexity index is 1290. The molecule has 0 radical (unpaired) electrons. The molecule has 0 bridgehead atoms. The largest absolute Gasteiger partial charge is 0.491 e. The quantitative estimate of drug-likeness (QED) is 0.324. The van der Waals surface area contributed by atoms with Crippen LogP contribution in [0, 0.1) is 13.8 Å². The van der Waals surface area contributed by atoms with E-state index in [1.807, 2.05) is 58.0 Å². The molecule has 0 fully saturated rings. The lowest BCUT2D eigenvalue weighted by Crippen LogP contribution is -2.41. The average molecular weight is 529 g/mol. The number of amides is 1. The molecule has 0 spiro atoms. The molecule has 1 amide bonds. The molecule has 0 saturated heterocycles. The Morgan fingerprint density at radius 1 is 1.00 bits per heavy atom. The van der Waals surface area contributed by atoms with Gasteiger partial charge < -0.3 is 10.1 Å². The fourth-order valence-corrected chi connectivity index (χ4v) is 5.22. The molecule has 1 N–H and O–H groups in total. The van der Waals surface area contributed by atoms with E-state index in [-0.39, 0.29) is 23.5 Å². The zero-order chi connectivity index (χ0) is 26.3. The summed E-state index contributed by atoms with van der Waals surface area (Å²) in [6, 6.07) is 19.2. The number of nitrogens with one attached hydrogen (secondary N) is 1. The molecule has 8 heteroatoms. The fraction of sp³-hybridized carbons (Fsp3) is 0.321. The van der Waals surface area contributed by atoms with Gasteiger partial charge in [0.2, 0.25) is 5.91 Å². The number of carbonyl (C=O) groups excluding carboxylic acids is 1. The molecule has 6 nitrogen and oxygen atoms in total.